The molecule has 0 radical (unpaired) electrons. The van der Waals surface area contributed by atoms with Crippen LogP contribution in [0.5, 0.6) is 0 Å². The van der Waals surface area contributed by atoms with Crippen molar-refractivity contribution in [3.8, 4) is 0 Å². The average molecular weight is 348 g/mol. The van der Waals surface area contributed by atoms with E-state index in [1.807, 2.05) is 12.1 Å². The molecule has 24 heavy (non-hydrogen) atoms. The van der Waals surface area contributed by atoms with E-state index in [1.54, 1.807) is 22.9 Å². The fraction of sp³-hybridized carbons (Fsp3) is 0.0588. The van der Waals surface area contributed by atoms with Crippen molar-refractivity contribution in [2.75, 3.05) is 5.32 Å². The first-order chi connectivity index (χ1) is 11.5. The molecule has 0 unspecified atom stereocenters. The van der Waals surface area contributed by atoms with Gasteiger partial charge in [0.15, 0.2) is 0 Å². The van der Waals surface area contributed by atoms with Crippen LogP contribution in [0.2, 0.25) is 5.02 Å². The highest BCUT2D eigenvalue weighted by Gasteiger charge is 2.15. The highest BCUT2D eigenvalue weighted by molar-refractivity contribution is 6.30. The second-order valence-electron chi connectivity index (χ2n) is 5.08. The summed E-state index contributed by atoms with van der Waals surface area (Å²) >= 11 is 5.84. The molecule has 0 fully saturated rings. The summed E-state index contributed by atoms with van der Waals surface area (Å²) in [6, 6.07) is 11.5. The van der Waals surface area contributed by atoms with Gasteiger partial charge in [0.25, 0.3) is 5.91 Å². The molecule has 7 heteroatoms. The number of anilines is 1. The second kappa shape index (κ2) is 6.80. The summed E-state index contributed by atoms with van der Waals surface area (Å²) in [6.45, 7) is 0.394. The number of benzene rings is 2. The lowest BCUT2D eigenvalue weighted by Crippen LogP contribution is -2.17. The first-order valence-corrected chi connectivity index (χ1v) is 7.43. The molecule has 1 N–H and O–H groups in total. The highest BCUT2D eigenvalue weighted by Crippen LogP contribution is 2.16. The first kappa shape index (κ1) is 16.1. The third-order valence-corrected chi connectivity index (χ3v) is 3.63. The van der Waals surface area contributed by atoms with E-state index in [0.29, 0.717) is 17.4 Å². The molecule has 3 rings (SSSR count). The quantitative estimate of drug-likeness (QED) is 0.772. The normalized spacial score (nSPS) is 10.6. The van der Waals surface area contributed by atoms with Gasteiger partial charge in [0.05, 0.1) is 18.3 Å². The maximum Gasteiger partial charge on any atom is 0.259 e. The molecule has 1 aromatic heterocycles. The minimum absolute atomic E-state index is 0.366. The number of carbonyl (C=O) groups excluding carboxylic acids is 1. The summed E-state index contributed by atoms with van der Waals surface area (Å²) in [4.78, 5) is 12.2. The smallest absolute Gasteiger partial charge is 0.259 e. The number of halogens is 3. The Bertz CT molecular complexity index is 878. The molecule has 4 nitrogen and oxygen atoms in total. The lowest BCUT2D eigenvalue weighted by atomic mass is 10.2. The second-order valence-corrected chi connectivity index (χ2v) is 5.52. The van der Waals surface area contributed by atoms with Crippen LogP contribution in [0.3, 0.4) is 0 Å². The fourth-order valence-corrected chi connectivity index (χ4v) is 2.31. The molecule has 2 aromatic carbocycles. The van der Waals surface area contributed by atoms with E-state index in [1.165, 1.54) is 6.20 Å². The van der Waals surface area contributed by atoms with Gasteiger partial charge in [-0.3, -0.25) is 4.79 Å². The standard InChI is InChI=1S/C17H12ClF2N3O/c18-12-3-1-11(2-4-12)10-23-16(7-8-21-23)22-17(24)14-9-13(19)5-6-15(14)20/h1-9H,10H2,(H,22,24). The Hall–Kier alpha value is -2.73. The Morgan fingerprint density at radius 2 is 1.88 bits per heavy atom. The van der Waals surface area contributed by atoms with Crippen LogP contribution in [0.4, 0.5) is 14.6 Å². The van der Waals surface area contributed by atoms with Crippen LogP contribution in [0.15, 0.2) is 54.7 Å². The van der Waals surface area contributed by atoms with E-state index >= 15 is 0 Å². The van der Waals surface area contributed by atoms with Crippen LogP contribution in [0, 0.1) is 11.6 Å². The minimum atomic E-state index is -0.794. The van der Waals surface area contributed by atoms with Gasteiger partial charge in [0.2, 0.25) is 0 Å². The Morgan fingerprint density at radius 1 is 1.12 bits per heavy atom. The molecule has 0 saturated carbocycles. The molecule has 0 saturated heterocycles. The van der Waals surface area contributed by atoms with Crippen molar-refractivity contribution < 1.29 is 13.6 Å². The number of aromatic nitrogens is 2. The van der Waals surface area contributed by atoms with E-state index in [0.717, 1.165) is 23.8 Å². The molecule has 3 aromatic rings. The van der Waals surface area contributed by atoms with Gasteiger partial charge >= 0.3 is 0 Å². The maximum absolute atomic E-state index is 13.7. The van der Waals surface area contributed by atoms with Crippen molar-refractivity contribution in [2.24, 2.45) is 0 Å². The van der Waals surface area contributed by atoms with Gasteiger partial charge in [-0.25, -0.2) is 13.5 Å². The molecule has 1 heterocycles. The van der Waals surface area contributed by atoms with Gasteiger partial charge in [0.1, 0.15) is 17.5 Å². The van der Waals surface area contributed by atoms with Crippen molar-refractivity contribution >= 4 is 23.3 Å². The maximum atomic E-state index is 13.7. The Balaban J connectivity index is 1.79. The zero-order chi connectivity index (χ0) is 17.1. The third kappa shape index (κ3) is 3.60. The zero-order valence-electron chi connectivity index (χ0n) is 12.3. The molecule has 0 bridgehead atoms. The van der Waals surface area contributed by atoms with E-state index in [-0.39, 0.29) is 5.56 Å². The van der Waals surface area contributed by atoms with Gasteiger partial charge < -0.3 is 5.32 Å². The molecule has 0 spiro atoms. The predicted molar refractivity (Wildman–Crippen MR) is 87.1 cm³/mol. The predicted octanol–water partition coefficient (Wildman–Crippen LogP) is 4.12. The number of nitrogens with one attached hydrogen (secondary N) is 1. The van der Waals surface area contributed by atoms with Gasteiger partial charge in [0, 0.05) is 11.1 Å². The molecular weight excluding hydrogens is 336 g/mol. The van der Waals surface area contributed by atoms with Gasteiger partial charge in [-0.05, 0) is 35.9 Å². The first-order valence-electron chi connectivity index (χ1n) is 7.05. The summed E-state index contributed by atoms with van der Waals surface area (Å²) in [5, 5.41) is 7.28. The van der Waals surface area contributed by atoms with Crippen LogP contribution < -0.4 is 5.32 Å². The van der Waals surface area contributed by atoms with Crippen LogP contribution >= 0.6 is 11.6 Å². The molecule has 122 valence electrons. The fourth-order valence-electron chi connectivity index (χ4n) is 2.18. The SMILES string of the molecule is O=C(Nc1ccnn1Cc1ccc(Cl)cc1)c1cc(F)ccc1F. The third-order valence-electron chi connectivity index (χ3n) is 3.38. The number of hydrogen-bond donors (Lipinski definition) is 1. The number of rotatable bonds is 4. The van der Waals surface area contributed by atoms with Crippen molar-refractivity contribution in [2.45, 2.75) is 6.54 Å². The summed E-state index contributed by atoms with van der Waals surface area (Å²) < 4.78 is 28.4. The summed E-state index contributed by atoms with van der Waals surface area (Å²) in [5.41, 5.74) is 0.560. The largest absolute Gasteiger partial charge is 0.307 e. The lowest BCUT2D eigenvalue weighted by molar-refractivity contribution is 0.102. The van der Waals surface area contributed by atoms with Crippen molar-refractivity contribution in [1.29, 1.82) is 0 Å². The van der Waals surface area contributed by atoms with Crippen molar-refractivity contribution in [1.82, 2.24) is 9.78 Å². The Labute approximate surface area is 141 Å². The lowest BCUT2D eigenvalue weighted by Gasteiger charge is -2.10. The zero-order valence-corrected chi connectivity index (χ0v) is 13.1. The molecular formula is C17H12ClF2N3O. The monoisotopic (exact) mass is 347 g/mol. The molecule has 0 aliphatic rings. The molecule has 0 aliphatic carbocycles. The van der Waals surface area contributed by atoms with E-state index < -0.39 is 17.5 Å². The molecule has 0 aliphatic heterocycles. The average Bonchev–Trinajstić information content (AvgIpc) is 2.98. The number of amides is 1. The topological polar surface area (TPSA) is 46.9 Å². The van der Waals surface area contributed by atoms with Crippen molar-refractivity contribution in [3.05, 3.63) is 82.5 Å². The number of carbonyl (C=O) groups is 1. The van der Waals surface area contributed by atoms with Crippen molar-refractivity contribution in [3.63, 3.8) is 0 Å². The van der Waals surface area contributed by atoms with Gasteiger partial charge in [-0.2, -0.15) is 5.10 Å². The van der Waals surface area contributed by atoms with Crippen LogP contribution in [0.25, 0.3) is 0 Å². The van der Waals surface area contributed by atoms with Gasteiger partial charge in [-0.1, -0.05) is 23.7 Å². The minimum Gasteiger partial charge on any atom is -0.307 e. The van der Waals surface area contributed by atoms with Crippen LogP contribution in [0.1, 0.15) is 15.9 Å². The Kier molecular flexibility index (Phi) is 4.57. The van der Waals surface area contributed by atoms with E-state index in [4.69, 9.17) is 11.6 Å². The molecule has 1 amide bonds. The molecule has 0 atom stereocenters. The van der Waals surface area contributed by atoms with Gasteiger partial charge in [-0.15, -0.1) is 0 Å². The highest BCUT2D eigenvalue weighted by atomic mass is 35.5. The number of hydrogen-bond acceptors (Lipinski definition) is 2. The Morgan fingerprint density at radius 3 is 2.62 bits per heavy atom. The van der Waals surface area contributed by atoms with Crippen LogP contribution in [-0.4, -0.2) is 15.7 Å². The summed E-state index contributed by atoms with van der Waals surface area (Å²) in [6.07, 6.45) is 1.51. The van der Waals surface area contributed by atoms with Crippen LogP contribution in [-0.2, 0) is 6.54 Å². The number of nitrogens with zero attached hydrogens (tertiary/aromatic N) is 2. The van der Waals surface area contributed by atoms with E-state index in [9.17, 15) is 13.6 Å². The summed E-state index contributed by atoms with van der Waals surface area (Å²) in [5.74, 6) is -1.85. The summed E-state index contributed by atoms with van der Waals surface area (Å²) in [7, 11) is 0. The van der Waals surface area contributed by atoms with E-state index in [2.05, 4.69) is 10.4 Å².